The van der Waals surface area contributed by atoms with Gasteiger partial charge in [0.05, 0.1) is 7.11 Å². The molecular formula is C22H29N3O5S. The van der Waals surface area contributed by atoms with Crippen molar-refractivity contribution in [3.8, 4) is 5.75 Å². The molecule has 3 N–H and O–H groups in total. The fourth-order valence-corrected chi connectivity index (χ4v) is 3.74. The standard InChI is InChI=1S/C22H29N3O5S/c1-15-6-11-19(18(14-15)30-5)31(28,29)24-13-12-23-20(26)16-7-9-17(10-8-16)25-21(27)22(2,3)4/h6-11,14,24H,12-13H2,1-5H3,(H,23,26)(H,25,27). The lowest BCUT2D eigenvalue weighted by molar-refractivity contribution is -0.123. The van der Waals surface area contributed by atoms with Crippen LogP contribution < -0.4 is 20.1 Å². The number of nitrogens with one attached hydrogen (secondary N) is 3. The Balaban J connectivity index is 1.89. The Hall–Kier alpha value is -2.91. The van der Waals surface area contributed by atoms with Crippen LogP contribution in [0.15, 0.2) is 47.4 Å². The van der Waals surface area contributed by atoms with Crippen molar-refractivity contribution in [2.24, 2.45) is 5.41 Å². The molecule has 9 heteroatoms. The number of aryl methyl sites for hydroxylation is 1. The Labute approximate surface area is 183 Å². The molecule has 0 unspecified atom stereocenters. The number of ether oxygens (including phenoxy) is 1. The molecule has 0 fully saturated rings. The van der Waals surface area contributed by atoms with E-state index in [9.17, 15) is 18.0 Å². The highest BCUT2D eigenvalue weighted by Crippen LogP contribution is 2.24. The van der Waals surface area contributed by atoms with Gasteiger partial charge in [-0.15, -0.1) is 0 Å². The van der Waals surface area contributed by atoms with Gasteiger partial charge < -0.3 is 15.4 Å². The highest BCUT2D eigenvalue weighted by Gasteiger charge is 2.21. The van der Waals surface area contributed by atoms with Crippen molar-refractivity contribution in [3.63, 3.8) is 0 Å². The zero-order chi connectivity index (χ0) is 23.2. The number of sulfonamides is 1. The van der Waals surface area contributed by atoms with Gasteiger partial charge in [0.15, 0.2) is 0 Å². The fourth-order valence-electron chi connectivity index (χ4n) is 2.56. The molecule has 2 amide bonds. The van der Waals surface area contributed by atoms with E-state index in [-0.39, 0.29) is 35.5 Å². The maximum Gasteiger partial charge on any atom is 0.251 e. The molecule has 8 nitrogen and oxygen atoms in total. The molecule has 0 aliphatic rings. The quantitative estimate of drug-likeness (QED) is 0.539. The van der Waals surface area contributed by atoms with E-state index < -0.39 is 15.4 Å². The first kappa shape index (κ1) is 24.4. The SMILES string of the molecule is COc1cc(C)ccc1S(=O)(=O)NCCNC(=O)c1ccc(NC(=O)C(C)(C)C)cc1. The molecule has 0 aliphatic heterocycles. The molecule has 0 atom stereocenters. The van der Waals surface area contributed by atoms with Gasteiger partial charge in [-0.1, -0.05) is 26.8 Å². The molecule has 2 aromatic carbocycles. The third-order valence-corrected chi connectivity index (χ3v) is 5.90. The molecule has 31 heavy (non-hydrogen) atoms. The van der Waals surface area contributed by atoms with Crippen LogP contribution >= 0.6 is 0 Å². The summed E-state index contributed by atoms with van der Waals surface area (Å²) in [6.07, 6.45) is 0. The van der Waals surface area contributed by atoms with E-state index in [1.807, 2.05) is 27.7 Å². The molecule has 0 aliphatic carbocycles. The first-order chi connectivity index (χ1) is 14.4. The van der Waals surface area contributed by atoms with E-state index in [4.69, 9.17) is 4.74 Å². The van der Waals surface area contributed by atoms with E-state index in [2.05, 4.69) is 15.4 Å². The summed E-state index contributed by atoms with van der Waals surface area (Å²) in [5, 5.41) is 5.45. The third kappa shape index (κ3) is 6.80. The van der Waals surface area contributed by atoms with E-state index in [0.717, 1.165) is 5.56 Å². The molecule has 0 heterocycles. The molecule has 2 aromatic rings. The Kier molecular flexibility index (Phi) is 7.80. The first-order valence-electron chi connectivity index (χ1n) is 9.78. The number of hydrogen-bond donors (Lipinski definition) is 3. The van der Waals surface area contributed by atoms with Crippen LogP contribution in [-0.2, 0) is 14.8 Å². The summed E-state index contributed by atoms with van der Waals surface area (Å²) in [7, 11) is -2.37. The van der Waals surface area contributed by atoms with E-state index in [1.165, 1.54) is 13.2 Å². The molecule has 2 rings (SSSR count). The van der Waals surface area contributed by atoms with Gasteiger partial charge in [0, 0.05) is 29.8 Å². The summed E-state index contributed by atoms with van der Waals surface area (Å²) in [5.74, 6) is -0.210. The molecule has 168 valence electrons. The predicted octanol–water partition coefficient (Wildman–Crippen LogP) is 2.70. The number of carbonyl (C=O) groups is 2. The largest absolute Gasteiger partial charge is 0.495 e. The maximum absolute atomic E-state index is 12.5. The lowest BCUT2D eigenvalue weighted by Gasteiger charge is -2.17. The molecule has 0 saturated carbocycles. The van der Waals surface area contributed by atoms with Crippen LogP contribution in [0.4, 0.5) is 5.69 Å². The van der Waals surface area contributed by atoms with Gasteiger partial charge in [-0.3, -0.25) is 9.59 Å². The Bertz CT molecular complexity index is 1040. The second-order valence-corrected chi connectivity index (χ2v) is 9.82. The van der Waals surface area contributed by atoms with Crippen LogP contribution in [0.25, 0.3) is 0 Å². The lowest BCUT2D eigenvalue weighted by Crippen LogP contribution is -2.34. The van der Waals surface area contributed by atoms with Gasteiger partial charge in [-0.2, -0.15) is 0 Å². The van der Waals surface area contributed by atoms with Gasteiger partial charge in [-0.05, 0) is 48.9 Å². The van der Waals surface area contributed by atoms with Crippen molar-refractivity contribution < 1.29 is 22.7 Å². The molecule has 0 bridgehead atoms. The summed E-state index contributed by atoms with van der Waals surface area (Å²) < 4.78 is 32.6. The monoisotopic (exact) mass is 447 g/mol. The minimum Gasteiger partial charge on any atom is -0.495 e. The number of carbonyl (C=O) groups excluding carboxylic acids is 2. The van der Waals surface area contributed by atoms with Crippen molar-refractivity contribution >= 4 is 27.5 Å². The van der Waals surface area contributed by atoms with Crippen molar-refractivity contribution in [2.75, 3.05) is 25.5 Å². The fraction of sp³-hybridized carbons (Fsp3) is 0.364. The smallest absolute Gasteiger partial charge is 0.251 e. The van der Waals surface area contributed by atoms with Gasteiger partial charge in [0.2, 0.25) is 15.9 Å². The second-order valence-electron chi connectivity index (χ2n) is 8.09. The van der Waals surface area contributed by atoms with Gasteiger partial charge in [0.25, 0.3) is 5.91 Å². The number of hydrogen-bond acceptors (Lipinski definition) is 5. The van der Waals surface area contributed by atoms with Gasteiger partial charge in [0.1, 0.15) is 10.6 Å². The normalized spacial score (nSPS) is 11.6. The number of rotatable bonds is 8. The van der Waals surface area contributed by atoms with Crippen molar-refractivity contribution in [2.45, 2.75) is 32.6 Å². The Morgan fingerprint density at radius 3 is 2.23 bits per heavy atom. The van der Waals surface area contributed by atoms with Crippen LogP contribution in [0.1, 0.15) is 36.7 Å². The summed E-state index contributed by atoms with van der Waals surface area (Å²) in [5.41, 5.74) is 1.35. The van der Waals surface area contributed by atoms with Crippen molar-refractivity contribution in [1.29, 1.82) is 0 Å². The topological polar surface area (TPSA) is 114 Å². The van der Waals surface area contributed by atoms with Crippen molar-refractivity contribution in [1.82, 2.24) is 10.0 Å². The van der Waals surface area contributed by atoms with E-state index in [1.54, 1.807) is 36.4 Å². The molecular weight excluding hydrogens is 418 g/mol. The highest BCUT2D eigenvalue weighted by atomic mass is 32.2. The average molecular weight is 448 g/mol. The first-order valence-corrected chi connectivity index (χ1v) is 11.3. The third-order valence-electron chi connectivity index (χ3n) is 4.40. The van der Waals surface area contributed by atoms with Crippen LogP contribution in [0.3, 0.4) is 0 Å². The lowest BCUT2D eigenvalue weighted by atomic mass is 9.95. The van der Waals surface area contributed by atoms with Crippen LogP contribution in [0.2, 0.25) is 0 Å². The highest BCUT2D eigenvalue weighted by molar-refractivity contribution is 7.89. The summed E-state index contributed by atoms with van der Waals surface area (Å²) in [6.45, 7) is 7.40. The maximum atomic E-state index is 12.5. The molecule has 0 spiro atoms. The minimum atomic E-state index is -3.78. The zero-order valence-electron chi connectivity index (χ0n) is 18.4. The number of benzene rings is 2. The second kappa shape index (κ2) is 9.93. The Morgan fingerprint density at radius 1 is 1.00 bits per heavy atom. The molecule has 0 aromatic heterocycles. The molecule has 0 radical (unpaired) electrons. The van der Waals surface area contributed by atoms with Crippen LogP contribution in [0.5, 0.6) is 5.75 Å². The number of amides is 2. The van der Waals surface area contributed by atoms with Gasteiger partial charge >= 0.3 is 0 Å². The summed E-state index contributed by atoms with van der Waals surface area (Å²) >= 11 is 0. The van der Waals surface area contributed by atoms with Crippen LogP contribution in [-0.4, -0.2) is 40.4 Å². The van der Waals surface area contributed by atoms with E-state index >= 15 is 0 Å². The van der Waals surface area contributed by atoms with Crippen LogP contribution in [0, 0.1) is 12.3 Å². The van der Waals surface area contributed by atoms with E-state index in [0.29, 0.717) is 11.3 Å². The average Bonchev–Trinajstić information content (AvgIpc) is 2.70. The summed E-state index contributed by atoms with van der Waals surface area (Å²) in [4.78, 5) is 24.3. The predicted molar refractivity (Wildman–Crippen MR) is 120 cm³/mol. The molecule has 0 saturated heterocycles. The number of methoxy groups -OCH3 is 1. The Morgan fingerprint density at radius 2 is 1.65 bits per heavy atom. The minimum absolute atomic E-state index is 0.0187. The summed E-state index contributed by atoms with van der Waals surface area (Å²) in [6, 6.07) is 11.3. The van der Waals surface area contributed by atoms with Crippen molar-refractivity contribution in [3.05, 3.63) is 53.6 Å². The number of anilines is 1. The zero-order valence-corrected chi connectivity index (χ0v) is 19.2. The van der Waals surface area contributed by atoms with Gasteiger partial charge in [-0.25, -0.2) is 13.1 Å².